The number of alkyl halides is 3. The maximum atomic E-state index is 13.0. The van der Waals surface area contributed by atoms with Crippen LogP contribution in [0.5, 0.6) is 0 Å². The van der Waals surface area contributed by atoms with E-state index in [4.69, 9.17) is 0 Å². The van der Waals surface area contributed by atoms with Crippen LogP contribution in [0, 0.1) is 23.2 Å². The lowest BCUT2D eigenvalue weighted by molar-refractivity contribution is -0.141. The normalized spacial score (nSPS) is 31.9. The van der Waals surface area contributed by atoms with Crippen molar-refractivity contribution < 1.29 is 18.0 Å². The van der Waals surface area contributed by atoms with E-state index >= 15 is 0 Å². The molecule has 2 aromatic rings. The number of hydrogen-bond donors (Lipinski definition) is 3. The van der Waals surface area contributed by atoms with Gasteiger partial charge in [-0.25, -0.2) is 20.4 Å². The summed E-state index contributed by atoms with van der Waals surface area (Å²) in [5.74, 6) is 0.0250. The zero-order chi connectivity index (χ0) is 23.2. The van der Waals surface area contributed by atoms with Gasteiger partial charge in [0.15, 0.2) is 0 Å². The molecular formula is C21H21F3N8O. The number of nitrogens with zero attached hydrogens (tertiary/aromatic N) is 5. The number of carbonyl (C=O) groups is 1. The van der Waals surface area contributed by atoms with Gasteiger partial charge in [-0.1, -0.05) is 6.07 Å². The third-order valence-corrected chi connectivity index (χ3v) is 6.57. The standard InChI is InChI=1S/C21H21F3N8O/c22-21(23,24)15-5-2-11(9-28-15)10-32-19-16(14(8-25)31-32)20(33)30-18(29-19)13-4-3-12(13)17-26-6-1-7-27-17/h1-2,5-7,9,12-14,16,18-19,29,31H,3-4,10H2,(H,30,33)/t12-,13-,14?,16?,18?,19?/m1/s1. The average molecular weight is 458 g/mol. The molecule has 0 spiro atoms. The summed E-state index contributed by atoms with van der Waals surface area (Å²) in [6, 6.07) is 5.37. The van der Waals surface area contributed by atoms with Gasteiger partial charge in [-0.15, -0.1) is 0 Å². The summed E-state index contributed by atoms with van der Waals surface area (Å²) in [6.07, 6.45) is 0.987. The number of halogens is 3. The van der Waals surface area contributed by atoms with Gasteiger partial charge in [0.1, 0.15) is 17.6 Å². The molecule has 2 aliphatic heterocycles. The molecular weight excluding hydrogens is 437 g/mol. The summed E-state index contributed by atoms with van der Waals surface area (Å²) in [5, 5.41) is 17.7. The number of nitrogens with one attached hydrogen (secondary N) is 3. The largest absolute Gasteiger partial charge is 0.433 e. The third kappa shape index (κ3) is 4.03. The van der Waals surface area contributed by atoms with Gasteiger partial charge in [0, 0.05) is 37.0 Å². The molecule has 0 radical (unpaired) electrons. The number of fused-ring (bicyclic) bond motifs is 1. The van der Waals surface area contributed by atoms with E-state index < -0.39 is 30.0 Å². The van der Waals surface area contributed by atoms with Crippen LogP contribution in [0.4, 0.5) is 13.2 Å². The number of nitriles is 1. The van der Waals surface area contributed by atoms with Crippen LogP contribution in [0.1, 0.15) is 35.8 Å². The predicted octanol–water partition coefficient (Wildman–Crippen LogP) is 1.28. The van der Waals surface area contributed by atoms with E-state index in [-0.39, 0.29) is 30.5 Å². The first kappa shape index (κ1) is 21.7. The van der Waals surface area contributed by atoms with E-state index in [1.807, 2.05) is 0 Å². The number of hydrazine groups is 1. The highest BCUT2D eigenvalue weighted by atomic mass is 19.4. The first-order valence-electron chi connectivity index (χ1n) is 10.6. The number of rotatable bonds is 4. The van der Waals surface area contributed by atoms with Crippen molar-refractivity contribution in [2.45, 2.75) is 49.9 Å². The third-order valence-electron chi connectivity index (χ3n) is 6.57. The van der Waals surface area contributed by atoms with E-state index in [0.717, 1.165) is 30.9 Å². The van der Waals surface area contributed by atoms with Gasteiger partial charge in [-0.2, -0.15) is 18.4 Å². The summed E-state index contributed by atoms with van der Waals surface area (Å²) < 4.78 is 38.4. The molecule has 12 heteroatoms. The van der Waals surface area contributed by atoms with Gasteiger partial charge in [-0.3, -0.25) is 15.1 Å². The molecule has 0 aromatic carbocycles. The monoisotopic (exact) mass is 458 g/mol. The Morgan fingerprint density at radius 1 is 1.18 bits per heavy atom. The molecule has 6 atom stereocenters. The molecule has 5 rings (SSSR count). The summed E-state index contributed by atoms with van der Waals surface area (Å²) in [4.78, 5) is 25.2. The Bertz CT molecular complexity index is 1060. The minimum Gasteiger partial charge on any atom is -0.340 e. The van der Waals surface area contributed by atoms with Crippen LogP contribution in [-0.2, 0) is 17.5 Å². The molecule has 9 nitrogen and oxygen atoms in total. The molecule has 4 unspecified atom stereocenters. The Morgan fingerprint density at radius 2 is 1.97 bits per heavy atom. The SMILES string of the molecule is N#CC1NN(Cc2ccc(C(F)(F)F)nc2)C2NC([C@@H]3CC[C@H]3c3ncccn3)NC(=O)C12. The molecule has 3 N–H and O–H groups in total. The lowest BCUT2D eigenvalue weighted by Gasteiger charge is -2.46. The molecule has 2 aromatic heterocycles. The Balaban J connectivity index is 1.33. The number of amides is 1. The lowest BCUT2D eigenvalue weighted by atomic mass is 9.70. The predicted molar refractivity (Wildman–Crippen MR) is 107 cm³/mol. The van der Waals surface area contributed by atoms with E-state index in [1.54, 1.807) is 23.5 Å². The number of hydrogen-bond acceptors (Lipinski definition) is 8. The maximum absolute atomic E-state index is 13.0. The topological polar surface area (TPSA) is 119 Å². The fourth-order valence-electron chi connectivity index (χ4n) is 4.79. The first-order chi connectivity index (χ1) is 15.8. The smallest absolute Gasteiger partial charge is 0.340 e. The van der Waals surface area contributed by atoms with Crippen LogP contribution in [0.3, 0.4) is 0 Å². The van der Waals surface area contributed by atoms with Crippen molar-refractivity contribution in [1.82, 2.24) is 36.0 Å². The summed E-state index contributed by atoms with van der Waals surface area (Å²) in [5.41, 5.74) is 2.57. The van der Waals surface area contributed by atoms with E-state index in [0.29, 0.717) is 5.56 Å². The Kier molecular flexibility index (Phi) is 5.48. The molecule has 1 amide bonds. The second-order valence-corrected chi connectivity index (χ2v) is 8.49. The molecule has 1 aliphatic carbocycles. The highest BCUT2D eigenvalue weighted by Crippen LogP contribution is 2.43. The van der Waals surface area contributed by atoms with Gasteiger partial charge in [0.05, 0.1) is 24.3 Å². The molecule has 3 fully saturated rings. The molecule has 1 saturated carbocycles. The van der Waals surface area contributed by atoms with Gasteiger partial charge >= 0.3 is 6.18 Å². The molecule has 172 valence electrons. The maximum Gasteiger partial charge on any atom is 0.433 e. The van der Waals surface area contributed by atoms with Gasteiger partial charge in [-0.05, 0) is 30.5 Å². The Morgan fingerprint density at radius 3 is 2.58 bits per heavy atom. The quantitative estimate of drug-likeness (QED) is 0.627. The fraction of sp³-hybridized carbons (Fsp3) is 0.476. The second kappa shape index (κ2) is 8.33. The van der Waals surface area contributed by atoms with Crippen molar-refractivity contribution in [2.75, 3.05) is 0 Å². The number of aromatic nitrogens is 3. The summed E-state index contributed by atoms with van der Waals surface area (Å²) in [7, 11) is 0. The van der Waals surface area contributed by atoms with Crippen LogP contribution >= 0.6 is 0 Å². The van der Waals surface area contributed by atoms with Crippen LogP contribution in [0.25, 0.3) is 0 Å². The Labute approximate surface area is 187 Å². The van der Waals surface area contributed by atoms with Crippen LogP contribution in [-0.4, -0.2) is 44.2 Å². The summed E-state index contributed by atoms with van der Waals surface area (Å²) in [6.45, 7) is 0.174. The van der Waals surface area contributed by atoms with E-state index in [1.165, 1.54) is 6.07 Å². The zero-order valence-electron chi connectivity index (χ0n) is 17.3. The molecule has 4 heterocycles. The van der Waals surface area contributed by atoms with Crippen molar-refractivity contribution in [3.05, 3.63) is 53.9 Å². The van der Waals surface area contributed by atoms with E-state index in [9.17, 15) is 23.2 Å². The second-order valence-electron chi connectivity index (χ2n) is 8.49. The number of carbonyl (C=O) groups excluding carboxylic acids is 1. The summed E-state index contributed by atoms with van der Waals surface area (Å²) >= 11 is 0. The molecule has 3 aliphatic rings. The Hall–Kier alpha value is -3.14. The van der Waals surface area contributed by atoms with Crippen LogP contribution in [0.2, 0.25) is 0 Å². The van der Waals surface area contributed by atoms with Crippen molar-refractivity contribution >= 4 is 5.91 Å². The highest BCUT2D eigenvalue weighted by Gasteiger charge is 2.53. The van der Waals surface area contributed by atoms with Gasteiger partial charge < -0.3 is 5.32 Å². The number of pyridine rings is 1. The van der Waals surface area contributed by atoms with Crippen molar-refractivity contribution in [3.8, 4) is 6.07 Å². The minimum atomic E-state index is -4.51. The first-order valence-corrected chi connectivity index (χ1v) is 10.6. The minimum absolute atomic E-state index is 0.0908. The van der Waals surface area contributed by atoms with Crippen LogP contribution in [0.15, 0.2) is 36.8 Å². The lowest BCUT2D eigenvalue weighted by Crippen LogP contribution is -2.67. The zero-order valence-corrected chi connectivity index (χ0v) is 17.3. The van der Waals surface area contributed by atoms with E-state index in [2.05, 4.69) is 37.1 Å². The van der Waals surface area contributed by atoms with Gasteiger partial charge in [0.2, 0.25) is 5.91 Å². The van der Waals surface area contributed by atoms with Crippen molar-refractivity contribution in [1.29, 1.82) is 5.26 Å². The van der Waals surface area contributed by atoms with Crippen molar-refractivity contribution in [2.24, 2.45) is 11.8 Å². The fourth-order valence-corrected chi connectivity index (χ4v) is 4.79. The molecule has 33 heavy (non-hydrogen) atoms. The highest BCUT2D eigenvalue weighted by molar-refractivity contribution is 5.82. The van der Waals surface area contributed by atoms with Gasteiger partial charge in [0.25, 0.3) is 0 Å². The van der Waals surface area contributed by atoms with Crippen molar-refractivity contribution in [3.63, 3.8) is 0 Å². The molecule has 2 saturated heterocycles. The van der Waals surface area contributed by atoms with Crippen LogP contribution < -0.4 is 16.1 Å². The molecule has 0 bridgehead atoms. The average Bonchev–Trinajstić information content (AvgIpc) is 3.11.